The number of aryl methyl sites for hydroxylation is 3. The average Bonchev–Trinajstić information content (AvgIpc) is 2.53. The van der Waals surface area contributed by atoms with Crippen molar-refractivity contribution in [2.75, 3.05) is 0 Å². The number of nitrogens with zero attached hydrogens (tertiary/aromatic N) is 1. The van der Waals surface area contributed by atoms with Crippen molar-refractivity contribution < 1.29 is 4.79 Å². The van der Waals surface area contributed by atoms with Gasteiger partial charge >= 0.3 is 0 Å². The molecule has 0 aliphatic rings. The van der Waals surface area contributed by atoms with E-state index in [0.29, 0.717) is 6.42 Å². The predicted molar refractivity (Wildman–Crippen MR) is 66.7 cm³/mol. The molecule has 1 heterocycles. The summed E-state index contributed by atoms with van der Waals surface area (Å²) in [5, 5.41) is 1.27. The average molecular weight is 215 g/mol. The van der Waals surface area contributed by atoms with E-state index < -0.39 is 0 Å². The summed E-state index contributed by atoms with van der Waals surface area (Å²) in [5.41, 5.74) is 3.79. The van der Waals surface area contributed by atoms with Gasteiger partial charge in [-0.25, -0.2) is 0 Å². The molecule has 0 N–H and O–H groups in total. The summed E-state index contributed by atoms with van der Waals surface area (Å²) in [6, 6.07) is 6.46. The molecule has 0 atom stereocenters. The van der Waals surface area contributed by atoms with Crippen molar-refractivity contribution in [3.63, 3.8) is 0 Å². The Morgan fingerprint density at radius 2 is 2.12 bits per heavy atom. The lowest BCUT2D eigenvalue weighted by Gasteiger charge is -1.98. The van der Waals surface area contributed by atoms with Gasteiger partial charge in [0, 0.05) is 30.6 Å². The second-order valence-electron chi connectivity index (χ2n) is 4.49. The monoisotopic (exact) mass is 215 g/mol. The first-order chi connectivity index (χ1) is 7.58. The minimum atomic E-state index is 0.254. The summed E-state index contributed by atoms with van der Waals surface area (Å²) in [7, 11) is 2.05. The molecule has 2 heteroatoms. The molecule has 2 rings (SSSR count). The Bertz CT molecular complexity index is 537. The number of fused-ring (bicyclic) bond motifs is 1. The van der Waals surface area contributed by atoms with Crippen LogP contribution < -0.4 is 0 Å². The van der Waals surface area contributed by atoms with Crippen LogP contribution in [0.4, 0.5) is 0 Å². The standard InChI is InChI=1S/C14H17NO/c1-10-4-7-13-12(6-5-11(2)16)9-15(3)14(13)8-10/h4,7-9H,5-6H2,1-3H3. The Kier molecular flexibility index (Phi) is 2.82. The summed E-state index contributed by atoms with van der Waals surface area (Å²) in [4.78, 5) is 11.0. The summed E-state index contributed by atoms with van der Waals surface area (Å²) in [6.07, 6.45) is 3.61. The number of hydrogen-bond acceptors (Lipinski definition) is 1. The molecular formula is C14H17NO. The van der Waals surface area contributed by atoms with Crippen LogP contribution in [-0.2, 0) is 18.3 Å². The maximum absolute atomic E-state index is 11.0. The molecule has 0 unspecified atom stereocenters. The van der Waals surface area contributed by atoms with Crippen molar-refractivity contribution >= 4 is 16.7 Å². The fraction of sp³-hybridized carbons (Fsp3) is 0.357. The number of aromatic nitrogens is 1. The second-order valence-corrected chi connectivity index (χ2v) is 4.49. The van der Waals surface area contributed by atoms with E-state index in [2.05, 4.69) is 42.9 Å². The maximum atomic E-state index is 11.0. The quantitative estimate of drug-likeness (QED) is 0.771. The number of carbonyl (C=O) groups is 1. The largest absolute Gasteiger partial charge is 0.350 e. The number of rotatable bonds is 3. The minimum Gasteiger partial charge on any atom is -0.350 e. The topological polar surface area (TPSA) is 22.0 Å². The van der Waals surface area contributed by atoms with Crippen LogP contribution in [0.1, 0.15) is 24.5 Å². The molecule has 0 amide bonds. The molecule has 0 spiro atoms. The van der Waals surface area contributed by atoms with Gasteiger partial charge in [0.05, 0.1) is 0 Å². The molecule has 0 fully saturated rings. The number of ketones is 1. The molecule has 0 aliphatic heterocycles. The summed E-state index contributed by atoms with van der Waals surface area (Å²) < 4.78 is 2.14. The molecule has 0 saturated carbocycles. The normalized spacial score (nSPS) is 10.9. The van der Waals surface area contributed by atoms with Crippen LogP contribution in [0.5, 0.6) is 0 Å². The Labute approximate surface area is 95.9 Å². The molecule has 0 bridgehead atoms. The molecular weight excluding hydrogens is 198 g/mol. The third-order valence-electron chi connectivity index (χ3n) is 2.98. The highest BCUT2D eigenvalue weighted by atomic mass is 16.1. The van der Waals surface area contributed by atoms with E-state index in [0.717, 1.165) is 6.42 Å². The summed E-state index contributed by atoms with van der Waals surface area (Å²) in [5.74, 6) is 0.254. The summed E-state index contributed by atoms with van der Waals surface area (Å²) >= 11 is 0. The zero-order valence-corrected chi connectivity index (χ0v) is 10.1. The maximum Gasteiger partial charge on any atom is 0.130 e. The lowest BCUT2D eigenvalue weighted by Crippen LogP contribution is -1.93. The van der Waals surface area contributed by atoms with Crippen molar-refractivity contribution in [2.45, 2.75) is 26.7 Å². The molecule has 0 saturated heterocycles. The Balaban J connectivity index is 2.43. The van der Waals surface area contributed by atoms with E-state index >= 15 is 0 Å². The molecule has 1 aromatic carbocycles. The Morgan fingerprint density at radius 3 is 2.81 bits per heavy atom. The van der Waals surface area contributed by atoms with Gasteiger partial charge in [0.25, 0.3) is 0 Å². The Morgan fingerprint density at radius 1 is 1.38 bits per heavy atom. The van der Waals surface area contributed by atoms with Crippen LogP contribution in [-0.4, -0.2) is 10.4 Å². The fourth-order valence-electron chi connectivity index (χ4n) is 2.09. The molecule has 84 valence electrons. The van der Waals surface area contributed by atoms with Gasteiger partial charge in [0.15, 0.2) is 0 Å². The number of hydrogen-bond donors (Lipinski definition) is 0. The predicted octanol–water partition coefficient (Wildman–Crippen LogP) is 3.01. The minimum absolute atomic E-state index is 0.254. The van der Waals surface area contributed by atoms with E-state index in [9.17, 15) is 4.79 Å². The zero-order valence-electron chi connectivity index (χ0n) is 10.1. The molecule has 2 nitrogen and oxygen atoms in total. The van der Waals surface area contributed by atoms with Crippen LogP contribution in [0.25, 0.3) is 10.9 Å². The second kappa shape index (κ2) is 4.12. The van der Waals surface area contributed by atoms with Crippen LogP contribution in [0.3, 0.4) is 0 Å². The van der Waals surface area contributed by atoms with Gasteiger partial charge < -0.3 is 9.36 Å². The molecule has 1 aromatic heterocycles. The van der Waals surface area contributed by atoms with Gasteiger partial charge in [0.1, 0.15) is 5.78 Å². The van der Waals surface area contributed by atoms with Crippen molar-refractivity contribution in [2.24, 2.45) is 7.05 Å². The van der Waals surface area contributed by atoms with Crippen molar-refractivity contribution in [3.05, 3.63) is 35.5 Å². The highest BCUT2D eigenvalue weighted by molar-refractivity contribution is 5.85. The van der Waals surface area contributed by atoms with E-state index in [1.807, 2.05) is 0 Å². The first kappa shape index (κ1) is 10.9. The first-order valence-corrected chi connectivity index (χ1v) is 5.62. The fourth-order valence-corrected chi connectivity index (χ4v) is 2.09. The number of benzene rings is 1. The molecule has 0 radical (unpaired) electrons. The van der Waals surface area contributed by atoms with Gasteiger partial charge in [-0.2, -0.15) is 0 Å². The first-order valence-electron chi connectivity index (χ1n) is 5.62. The van der Waals surface area contributed by atoms with E-state index in [1.54, 1.807) is 6.92 Å². The number of carbonyl (C=O) groups excluding carboxylic acids is 1. The van der Waals surface area contributed by atoms with E-state index in [1.165, 1.54) is 22.0 Å². The lowest BCUT2D eigenvalue weighted by atomic mass is 10.1. The van der Waals surface area contributed by atoms with E-state index in [-0.39, 0.29) is 5.78 Å². The SMILES string of the molecule is CC(=O)CCc1cn(C)c2cc(C)ccc12. The lowest BCUT2D eigenvalue weighted by molar-refractivity contribution is -0.116. The molecule has 0 aliphatic carbocycles. The van der Waals surface area contributed by atoms with Crippen molar-refractivity contribution in [3.8, 4) is 0 Å². The van der Waals surface area contributed by atoms with Crippen LogP contribution in [0.15, 0.2) is 24.4 Å². The van der Waals surface area contributed by atoms with E-state index in [4.69, 9.17) is 0 Å². The Hall–Kier alpha value is -1.57. The molecule has 2 aromatic rings. The van der Waals surface area contributed by atoms with Gasteiger partial charge in [-0.15, -0.1) is 0 Å². The van der Waals surface area contributed by atoms with Gasteiger partial charge in [0.2, 0.25) is 0 Å². The van der Waals surface area contributed by atoms with Crippen LogP contribution in [0, 0.1) is 6.92 Å². The van der Waals surface area contributed by atoms with Crippen molar-refractivity contribution in [1.82, 2.24) is 4.57 Å². The third kappa shape index (κ3) is 2.01. The van der Waals surface area contributed by atoms with Gasteiger partial charge in [-0.3, -0.25) is 0 Å². The highest BCUT2D eigenvalue weighted by Gasteiger charge is 2.07. The van der Waals surface area contributed by atoms with Crippen molar-refractivity contribution in [1.29, 1.82) is 0 Å². The highest BCUT2D eigenvalue weighted by Crippen LogP contribution is 2.22. The van der Waals surface area contributed by atoms with Gasteiger partial charge in [-0.05, 0) is 37.5 Å². The van der Waals surface area contributed by atoms with Crippen LogP contribution in [0.2, 0.25) is 0 Å². The molecule has 16 heavy (non-hydrogen) atoms. The van der Waals surface area contributed by atoms with Crippen LogP contribution >= 0.6 is 0 Å². The number of Topliss-reactive ketones (excluding diaryl/α,β-unsaturated/α-hetero) is 1. The summed E-state index contributed by atoms with van der Waals surface area (Å²) in [6.45, 7) is 3.75. The smallest absolute Gasteiger partial charge is 0.130 e. The third-order valence-corrected chi connectivity index (χ3v) is 2.98. The van der Waals surface area contributed by atoms with Gasteiger partial charge in [-0.1, -0.05) is 12.1 Å². The zero-order chi connectivity index (χ0) is 11.7.